The lowest BCUT2D eigenvalue weighted by Crippen LogP contribution is -2.25. The predicted molar refractivity (Wildman–Crippen MR) is 75.4 cm³/mol. The predicted octanol–water partition coefficient (Wildman–Crippen LogP) is 2.59. The highest BCUT2D eigenvalue weighted by Gasteiger charge is 2.10. The van der Waals surface area contributed by atoms with Gasteiger partial charge in [0.05, 0.1) is 24.8 Å². The summed E-state index contributed by atoms with van der Waals surface area (Å²) in [5.41, 5.74) is 1.13. The van der Waals surface area contributed by atoms with Gasteiger partial charge < -0.3 is 19.5 Å². The number of hydrogen-bond acceptors (Lipinski definition) is 4. The Labute approximate surface area is 117 Å². The first-order chi connectivity index (χ1) is 8.62. The van der Waals surface area contributed by atoms with Crippen molar-refractivity contribution in [1.29, 1.82) is 0 Å². The molecule has 1 N–H and O–H groups in total. The van der Waals surface area contributed by atoms with Gasteiger partial charge in [-0.3, -0.25) is 0 Å². The Morgan fingerprint density at radius 2 is 1.94 bits per heavy atom. The van der Waals surface area contributed by atoms with Crippen molar-refractivity contribution in [3.05, 3.63) is 22.2 Å². The maximum atomic E-state index is 5.30. The van der Waals surface area contributed by atoms with Crippen molar-refractivity contribution >= 4 is 15.9 Å². The third kappa shape index (κ3) is 4.15. The van der Waals surface area contributed by atoms with Crippen LogP contribution in [0.4, 0.5) is 0 Å². The Morgan fingerprint density at radius 3 is 2.50 bits per heavy atom. The van der Waals surface area contributed by atoms with E-state index in [-0.39, 0.29) is 6.10 Å². The van der Waals surface area contributed by atoms with E-state index in [2.05, 4.69) is 21.2 Å². The van der Waals surface area contributed by atoms with Crippen LogP contribution < -0.4 is 14.8 Å². The number of hydrogen-bond donors (Lipinski definition) is 1. The van der Waals surface area contributed by atoms with Crippen LogP contribution in [-0.2, 0) is 11.3 Å². The van der Waals surface area contributed by atoms with Gasteiger partial charge in [0.1, 0.15) is 0 Å². The van der Waals surface area contributed by atoms with E-state index >= 15 is 0 Å². The molecule has 4 nitrogen and oxygen atoms in total. The molecule has 102 valence electrons. The van der Waals surface area contributed by atoms with E-state index in [1.807, 2.05) is 19.1 Å². The molecule has 0 aromatic heterocycles. The minimum absolute atomic E-state index is 0.202. The smallest absolute Gasteiger partial charge is 0.174 e. The first-order valence-corrected chi connectivity index (χ1v) is 6.55. The Balaban J connectivity index is 2.69. The summed E-state index contributed by atoms with van der Waals surface area (Å²) in [5, 5.41) is 3.33. The van der Waals surface area contributed by atoms with Crippen molar-refractivity contribution in [2.75, 3.05) is 27.9 Å². The molecule has 0 heterocycles. The first-order valence-electron chi connectivity index (χ1n) is 5.76. The maximum Gasteiger partial charge on any atom is 0.174 e. The van der Waals surface area contributed by atoms with E-state index in [9.17, 15) is 0 Å². The molecule has 1 rings (SSSR count). The summed E-state index contributed by atoms with van der Waals surface area (Å²) < 4.78 is 16.6. The highest BCUT2D eigenvalue weighted by atomic mass is 79.9. The Bertz CT molecular complexity index is 385. The van der Waals surface area contributed by atoms with Crippen LogP contribution in [0.5, 0.6) is 11.5 Å². The molecule has 18 heavy (non-hydrogen) atoms. The Hall–Kier alpha value is -0.780. The molecule has 0 saturated carbocycles. The average molecular weight is 318 g/mol. The standard InChI is InChI=1S/C13H20BrNO3/c1-9(16-2)7-15-8-10-5-11(14)13(18-4)12(6-10)17-3/h5-6,9,15H,7-8H2,1-4H3. The lowest BCUT2D eigenvalue weighted by molar-refractivity contribution is 0.117. The fourth-order valence-electron chi connectivity index (χ4n) is 1.58. The molecule has 1 atom stereocenters. The molecule has 0 fully saturated rings. The molecule has 0 aliphatic carbocycles. The second-order valence-electron chi connectivity index (χ2n) is 3.99. The SMILES string of the molecule is COc1cc(CNCC(C)OC)cc(Br)c1OC. The van der Waals surface area contributed by atoms with Crippen molar-refractivity contribution in [1.82, 2.24) is 5.32 Å². The minimum Gasteiger partial charge on any atom is -0.493 e. The van der Waals surface area contributed by atoms with Crippen LogP contribution in [0.15, 0.2) is 16.6 Å². The Kier molecular flexibility index (Phi) is 6.46. The molecule has 1 aromatic rings. The van der Waals surface area contributed by atoms with Crippen molar-refractivity contribution in [2.24, 2.45) is 0 Å². The van der Waals surface area contributed by atoms with E-state index in [4.69, 9.17) is 14.2 Å². The fraction of sp³-hybridized carbons (Fsp3) is 0.538. The van der Waals surface area contributed by atoms with Crippen LogP contribution in [-0.4, -0.2) is 34.0 Å². The van der Waals surface area contributed by atoms with E-state index < -0.39 is 0 Å². The van der Waals surface area contributed by atoms with Gasteiger partial charge in [0, 0.05) is 20.2 Å². The largest absolute Gasteiger partial charge is 0.493 e. The van der Waals surface area contributed by atoms with Gasteiger partial charge in [0.2, 0.25) is 0 Å². The van der Waals surface area contributed by atoms with Gasteiger partial charge in [-0.15, -0.1) is 0 Å². The molecular weight excluding hydrogens is 298 g/mol. The van der Waals surface area contributed by atoms with Crippen LogP contribution in [0, 0.1) is 0 Å². The van der Waals surface area contributed by atoms with Crippen LogP contribution in [0.2, 0.25) is 0 Å². The van der Waals surface area contributed by atoms with Crippen molar-refractivity contribution in [3.63, 3.8) is 0 Å². The molecule has 1 unspecified atom stereocenters. The molecule has 0 radical (unpaired) electrons. The zero-order valence-corrected chi connectivity index (χ0v) is 12.8. The third-order valence-electron chi connectivity index (χ3n) is 2.66. The normalized spacial score (nSPS) is 12.3. The number of methoxy groups -OCH3 is 3. The summed E-state index contributed by atoms with van der Waals surface area (Å²) >= 11 is 3.48. The molecule has 0 spiro atoms. The Morgan fingerprint density at radius 1 is 1.22 bits per heavy atom. The topological polar surface area (TPSA) is 39.7 Å². The second kappa shape index (κ2) is 7.61. The van der Waals surface area contributed by atoms with Gasteiger partial charge >= 0.3 is 0 Å². The fourth-order valence-corrected chi connectivity index (χ4v) is 2.23. The van der Waals surface area contributed by atoms with Crippen LogP contribution in [0.25, 0.3) is 0 Å². The lowest BCUT2D eigenvalue weighted by Gasteiger charge is -2.14. The molecule has 0 bridgehead atoms. The summed E-state index contributed by atoms with van der Waals surface area (Å²) in [6, 6.07) is 3.99. The molecule has 1 aromatic carbocycles. The number of nitrogens with one attached hydrogen (secondary N) is 1. The second-order valence-corrected chi connectivity index (χ2v) is 4.84. The van der Waals surface area contributed by atoms with Gasteiger partial charge in [0.25, 0.3) is 0 Å². The number of halogens is 1. The summed E-state index contributed by atoms with van der Waals surface area (Å²) in [7, 11) is 4.97. The highest BCUT2D eigenvalue weighted by molar-refractivity contribution is 9.10. The third-order valence-corrected chi connectivity index (χ3v) is 3.25. The van der Waals surface area contributed by atoms with Crippen LogP contribution >= 0.6 is 15.9 Å². The minimum atomic E-state index is 0.202. The zero-order chi connectivity index (χ0) is 13.5. The van der Waals surface area contributed by atoms with Gasteiger partial charge in [-0.05, 0) is 40.5 Å². The number of rotatable bonds is 7. The maximum absolute atomic E-state index is 5.30. The van der Waals surface area contributed by atoms with Gasteiger partial charge in [-0.1, -0.05) is 0 Å². The molecule has 0 aliphatic rings. The molecule has 0 amide bonds. The van der Waals surface area contributed by atoms with Crippen LogP contribution in [0.3, 0.4) is 0 Å². The number of benzene rings is 1. The number of ether oxygens (including phenoxy) is 3. The van der Waals surface area contributed by atoms with Crippen molar-refractivity contribution in [2.45, 2.75) is 19.6 Å². The van der Waals surface area contributed by atoms with Gasteiger partial charge in [-0.2, -0.15) is 0 Å². The summed E-state index contributed by atoms with van der Waals surface area (Å²) in [5.74, 6) is 1.44. The quantitative estimate of drug-likeness (QED) is 0.839. The van der Waals surface area contributed by atoms with Gasteiger partial charge in [-0.25, -0.2) is 0 Å². The average Bonchev–Trinajstić information content (AvgIpc) is 2.37. The van der Waals surface area contributed by atoms with E-state index in [0.717, 1.165) is 28.9 Å². The summed E-state index contributed by atoms with van der Waals surface area (Å²) in [6.45, 7) is 3.59. The lowest BCUT2D eigenvalue weighted by atomic mass is 10.2. The van der Waals surface area contributed by atoms with E-state index in [0.29, 0.717) is 5.75 Å². The van der Waals surface area contributed by atoms with E-state index in [1.54, 1.807) is 21.3 Å². The summed E-state index contributed by atoms with van der Waals surface area (Å²) in [4.78, 5) is 0. The first kappa shape index (κ1) is 15.3. The van der Waals surface area contributed by atoms with Crippen molar-refractivity contribution in [3.8, 4) is 11.5 Å². The van der Waals surface area contributed by atoms with E-state index in [1.165, 1.54) is 0 Å². The van der Waals surface area contributed by atoms with Crippen molar-refractivity contribution < 1.29 is 14.2 Å². The van der Waals surface area contributed by atoms with Gasteiger partial charge in [0.15, 0.2) is 11.5 Å². The van der Waals surface area contributed by atoms with Crippen LogP contribution in [0.1, 0.15) is 12.5 Å². The summed E-state index contributed by atoms with van der Waals surface area (Å²) in [6.07, 6.45) is 0.202. The molecule has 0 saturated heterocycles. The highest BCUT2D eigenvalue weighted by Crippen LogP contribution is 2.36. The molecular formula is C13H20BrNO3. The monoisotopic (exact) mass is 317 g/mol. The molecule has 0 aliphatic heterocycles. The molecule has 5 heteroatoms. The zero-order valence-electron chi connectivity index (χ0n) is 11.2.